The van der Waals surface area contributed by atoms with Crippen molar-refractivity contribution in [2.24, 2.45) is 5.73 Å². The molecule has 2 aromatic rings. The lowest BCUT2D eigenvalue weighted by Gasteiger charge is -2.30. The fourth-order valence-electron chi connectivity index (χ4n) is 3.12. The molecule has 1 aromatic heterocycles. The zero-order valence-corrected chi connectivity index (χ0v) is 17.0. The summed E-state index contributed by atoms with van der Waals surface area (Å²) in [5.74, 6) is -0.251. The number of hydrogen-bond acceptors (Lipinski definition) is 4. The van der Waals surface area contributed by atoms with Crippen LogP contribution in [-0.4, -0.2) is 30.0 Å². The molecule has 1 aliphatic rings. The normalized spacial score (nSPS) is 14.2. The molecule has 0 radical (unpaired) electrons. The molecule has 3 rings (SSSR count). The Morgan fingerprint density at radius 1 is 1.19 bits per heavy atom. The molecule has 3 N–H and O–H groups in total. The molecule has 0 spiro atoms. The van der Waals surface area contributed by atoms with Gasteiger partial charge in [0.05, 0.1) is 16.3 Å². The van der Waals surface area contributed by atoms with E-state index in [4.69, 9.17) is 17.3 Å². The predicted octanol–water partition coefficient (Wildman–Crippen LogP) is 3.90. The number of anilines is 2. The number of hydrazine groups is 1. The molecular weight excluding hydrogens is 435 g/mol. The van der Waals surface area contributed by atoms with Gasteiger partial charge in [-0.3, -0.25) is 10.2 Å². The van der Waals surface area contributed by atoms with Gasteiger partial charge in [0.15, 0.2) is 0 Å². The van der Waals surface area contributed by atoms with Crippen LogP contribution < -0.4 is 21.1 Å². The highest BCUT2D eigenvalue weighted by atomic mass is 35.5. The second-order valence-electron chi connectivity index (χ2n) is 6.80. The molecule has 3 amide bonds. The number of urea groups is 1. The first-order valence-corrected chi connectivity index (χ1v) is 9.65. The minimum atomic E-state index is -4.51. The number of benzene rings is 1. The van der Waals surface area contributed by atoms with Crippen molar-refractivity contribution < 1.29 is 22.8 Å². The first-order valence-electron chi connectivity index (χ1n) is 9.27. The Balaban J connectivity index is 1.62. The van der Waals surface area contributed by atoms with Gasteiger partial charge >= 0.3 is 12.2 Å². The lowest BCUT2D eigenvalue weighted by Crippen LogP contribution is -2.48. The number of halogens is 4. The second kappa shape index (κ2) is 9.25. The molecule has 164 valence electrons. The molecule has 1 saturated heterocycles. The van der Waals surface area contributed by atoms with Crippen molar-refractivity contribution in [3.05, 3.63) is 64.8 Å². The monoisotopic (exact) mass is 453 g/mol. The molecule has 7 nitrogen and oxygen atoms in total. The highest BCUT2D eigenvalue weighted by molar-refractivity contribution is 6.33. The van der Waals surface area contributed by atoms with Crippen LogP contribution in [-0.2, 0) is 11.0 Å². The van der Waals surface area contributed by atoms with Crippen molar-refractivity contribution in [2.45, 2.75) is 19.0 Å². The largest absolute Gasteiger partial charge is 0.417 e. The number of nitrogens with one attached hydrogen (secondary N) is 1. The van der Waals surface area contributed by atoms with Gasteiger partial charge in [-0.05, 0) is 31.0 Å². The maximum Gasteiger partial charge on any atom is 0.417 e. The standard InChI is InChI=1S/C20H19ClF3N5O2/c21-16-11-14(20(22,23)24)12-26-18(16)28-8-6-13(7-9-28)10-17(30)27-29(19(25)31)15-4-2-1-3-5-15/h1-5,10-12H,6-9H2,(H2,25,31)(H,27,30). The van der Waals surface area contributed by atoms with Crippen molar-refractivity contribution in [2.75, 3.05) is 23.0 Å². The number of piperidine rings is 1. The number of carbonyl (C=O) groups excluding carboxylic acids is 2. The van der Waals surface area contributed by atoms with E-state index in [2.05, 4.69) is 10.4 Å². The number of aromatic nitrogens is 1. The van der Waals surface area contributed by atoms with Crippen LogP contribution in [0.2, 0.25) is 5.02 Å². The molecule has 0 saturated carbocycles. The van der Waals surface area contributed by atoms with E-state index in [1.807, 2.05) is 0 Å². The summed E-state index contributed by atoms with van der Waals surface area (Å²) in [5.41, 5.74) is 8.10. The topological polar surface area (TPSA) is 91.6 Å². The fourth-order valence-corrected chi connectivity index (χ4v) is 3.41. The molecule has 1 fully saturated rings. The summed E-state index contributed by atoms with van der Waals surface area (Å²) in [5, 5.41) is 0.861. The summed E-state index contributed by atoms with van der Waals surface area (Å²) in [7, 11) is 0. The zero-order chi connectivity index (χ0) is 22.6. The third kappa shape index (κ3) is 5.66. The number of primary amides is 1. The number of nitrogens with zero attached hydrogens (tertiary/aromatic N) is 3. The SMILES string of the molecule is NC(=O)N(NC(=O)C=C1CCN(c2ncc(C(F)(F)F)cc2Cl)CC1)c1ccccc1. The number of rotatable bonds is 3. The Labute approximate surface area is 181 Å². The number of alkyl halides is 3. The van der Waals surface area contributed by atoms with Crippen LogP contribution in [0.1, 0.15) is 18.4 Å². The Kier molecular flexibility index (Phi) is 6.69. The van der Waals surface area contributed by atoms with Gasteiger partial charge in [-0.15, -0.1) is 0 Å². The number of hydrogen-bond donors (Lipinski definition) is 2. The average Bonchev–Trinajstić information content (AvgIpc) is 2.72. The van der Waals surface area contributed by atoms with Crippen molar-refractivity contribution in [3.8, 4) is 0 Å². The van der Waals surface area contributed by atoms with Crippen molar-refractivity contribution in [1.29, 1.82) is 0 Å². The molecule has 0 atom stereocenters. The van der Waals surface area contributed by atoms with Gasteiger partial charge in [-0.2, -0.15) is 13.2 Å². The maximum absolute atomic E-state index is 12.8. The first kappa shape index (κ1) is 22.4. The van der Waals surface area contributed by atoms with E-state index < -0.39 is 23.7 Å². The number of carbonyl (C=O) groups is 2. The number of nitrogens with two attached hydrogens (primary N) is 1. The average molecular weight is 454 g/mol. The number of amides is 3. The highest BCUT2D eigenvalue weighted by Gasteiger charge is 2.32. The summed E-state index contributed by atoms with van der Waals surface area (Å²) in [4.78, 5) is 29.6. The van der Waals surface area contributed by atoms with E-state index in [-0.39, 0.29) is 10.8 Å². The first-order chi connectivity index (χ1) is 14.6. The Morgan fingerprint density at radius 2 is 1.84 bits per heavy atom. The van der Waals surface area contributed by atoms with Crippen molar-refractivity contribution >= 4 is 35.0 Å². The Hall–Kier alpha value is -3.27. The van der Waals surface area contributed by atoms with Gasteiger partial charge in [0, 0.05) is 25.4 Å². The molecule has 11 heteroatoms. The quantitative estimate of drug-likeness (QED) is 0.544. The van der Waals surface area contributed by atoms with Crippen molar-refractivity contribution in [1.82, 2.24) is 10.4 Å². The van der Waals surface area contributed by atoms with Gasteiger partial charge < -0.3 is 10.6 Å². The predicted molar refractivity (Wildman–Crippen MR) is 110 cm³/mol. The molecule has 31 heavy (non-hydrogen) atoms. The molecule has 2 heterocycles. The molecule has 1 aliphatic heterocycles. The van der Waals surface area contributed by atoms with Crippen LogP contribution in [0.15, 0.2) is 54.2 Å². The van der Waals surface area contributed by atoms with Crippen LogP contribution in [0.4, 0.5) is 29.5 Å². The van der Waals surface area contributed by atoms with Crippen LogP contribution >= 0.6 is 11.6 Å². The fraction of sp³-hybridized carbons (Fsp3) is 0.250. The van der Waals surface area contributed by atoms with Gasteiger partial charge in [-0.25, -0.2) is 14.8 Å². The second-order valence-corrected chi connectivity index (χ2v) is 7.21. The van der Waals surface area contributed by atoms with Crippen molar-refractivity contribution in [3.63, 3.8) is 0 Å². The minimum Gasteiger partial charge on any atom is -0.355 e. The third-order valence-corrected chi connectivity index (χ3v) is 4.92. The van der Waals surface area contributed by atoms with E-state index in [0.29, 0.717) is 31.6 Å². The van der Waals surface area contributed by atoms with Crippen LogP contribution in [0.5, 0.6) is 0 Å². The van der Waals surface area contributed by atoms with E-state index in [9.17, 15) is 22.8 Å². The molecule has 0 bridgehead atoms. The maximum atomic E-state index is 12.8. The lowest BCUT2D eigenvalue weighted by atomic mass is 10.0. The molecule has 0 aliphatic carbocycles. The van der Waals surface area contributed by atoms with E-state index in [1.54, 1.807) is 35.2 Å². The van der Waals surface area contributed by atoms with E-state index in [0.717, 1.165) is 22.8 Å². The molecular formula is C20H19ClF3N5O2. The van der Waals surface area contributed by atoms with E-state index >= 15 is 0 Å². The third-order valence-electron chi connectivity index (χ3n) is 4.65. The zero-order valence-electron chi connectivity index (χ0n) is 16.2. The van der Waals surface area contributed by atoms with Crippen LogP contribution in [0, 0.1) is 0 Å². The lowest BCUT2D eigenvalue weighted by molar-refractivity contribution is -0.137. The highest BCUT2D eigenvalue weighted by Crippen LogP contribution is 2.34. The van der Waals surface area contributed by atoms with Gasteiger partial charge in [0.1, 0.15) is 5.82 Å². The Bertz CT molecular complexity index is 988. The molecule has 0 unspecified atom stereocenters. The number of pyridine rings is 1. The summed E-state index contributed by atoms with van der Waals surface area (Å²) in [6.07, 6.45) is -1.42. The smallest absolute Gasteiger partial charge is 0.355 e. The molecule has 1 aromatic carbocycles. The van der Waals surface area contributed by atoms with E-state index in [1.165, 1.54) is 6.08 Å². The van der Waals surface area contributed by atoms with Gasteiger partial charge in [0.25, 0.3) is 5.91 Å². The van der Waals surface area contributed by atoms with Crippen LogP contribution in [0.25, 0.3) is 0 Å². The summed E-state index contributed by atoms with van der Waals surface area (Å²) in [6, 6.07) is 8.42. The minimum absolute atomic E-state index is 0.0834. The summed E-state index contributed by atoms with van der Waals surface area (Å²) >= 11 is 6.00. The summed E-state index contributed by atoms with van der Waals surface area (Å²) < 4.78 is 38.3. The Morgan fingerprint density at radius 3 is 2.39 bits per heavy atom. The number of para-hydroxylation sites is 1. The van der Waals surface area contributed by atoms with Gasteiger partial charge in [-0.1, -0.05) is 35.4 Å². The van der Waals surface area contributed by atoms with Gasteiger partial charge in [0.2, 0.25) is 0 Å². The van der Waals surface area contributed by atoms with Crippen LogP contribution in [0.3, 0.4) is 0 Å². The summed E-state index contributed by atoms with van der Waals surface area (Å²) in [6.45, 7) is 0.852.